The zero-order valence-electron chi connectivity index (χ0n) is 11.0. The number of aliphatic carboxylic acids is 1. The summed E-state index contributed by atoms with van der Waals surface area (Å²) in [4.78, 5) is 33.3. The van der Waals surface area contributed by atoms with E-state index in [2.05, 4.69) is 10.1 Å². The predicted molar refractivity (Wildman–Crippen MR) is 72.3 cm³/mol. The van der Waals surface area contributed by atoms with Gasteiger partial charge in [0.25, 0.3) is 0 Å². The Bertz CT molecular complexity index is 527. The first kappa shape index (κ1) is 15.5. The summed E-state index contributed by atoms with van der Waals surface area (Å²) in [6, 6.07) is 4.39. The van der Waals surface area contributed by atoms with Crippen molar-refractivity contribution in [2.24, 2.45) is 0 Å². The fourth-order valence-corrected chi connectivity index (χ4v) is 1.52. The number of amides is 1. The van der Waals surface area contributed by atoms with Gasteiger partial charge in [0.1, 0.15) is 0 Å². The molecular weight excluding hydrogens is 264 g/mol. The number of hydrogen-bond donors (Lipinski definition) is 3. The summed E-state index contributed by atoms with van der Waals surface area (Å²) in [6.07, 6.45) is 0.219. The number of nitrogens with two attached hydrogens (primary N) is 1. The topological polar surface area (TPSA) is 119 Å². The van der Waals surface area contributed by atoms with Crippen molar-refractivity contribution >= 4 is 29.2 Å². The standard InChI is InChI=1S/C13H16N2O5/c1-20-13(19)8-5-6-9(14)10(7-8)15-11(16)3-2-4-12(17)18/h5-7H,2-4,14H2,1H3,(H,15,16)(H,17,18). The molecule has 7 nitrogen and oxygen atoms in total. The molecule has 1 aromatic rings. The van der Waals surface area contributed by atoms with E-state index in [1.54, 1.807) is 0 Å². The van der Waals surface area contributed by atoms with Crippen molar-refractivity contribution in [2.75, 3.05) is 18.2 Å². The quantitative estimate of drug-likeness (QED) is 0.533. The van der Waals surface area contributed by atoms with Crippen molar-refractivity contribution in [3.8, 4) is 0 Å². The summed E-state index contributed by atoms with van der Waals surface area (Å²) >= 11 is 0. The van der Waals surface area contributed by atoms with Crippen molar-refractivity contribution in [2.45, 2.75) is 19.3 Å². The van der Waals surface area contributed by atoms with Crippen LogP contribution in [-0.4, -0.2) is 30.1 Å². The van der Waals surface area contributed by atoms with Gasteiger partial charge in [-0.15, -0.1) is 0 Å². The number of benzene rings is 1. The largest absolute Gasteiger partial charge is 0.481 e. The van der Waals surface area contributed by atoms with E-state index in [1.165, 1.54) is 25.3 Å². The third-order valence-corrected chi connectivity index (χ3v) is 2.54. The molecule has 1 aromatic carbocycles. The number of carboxylic acid groups (broad SMARTS) is 1. The van der Waals surface area contributed by atoms with Crippen LogP contribution in [0.3, 0.4) is 0 Å². The van der Waals surface area contributed by atoms with Crippen LogP contribution in [0.25, 0.3) is 0 Å². The maximum Gasteiger partial charge on any atom is 0.337 e. The third kappa shape index (κ3) is 4.60. The number of hydrogen-bond acceptors (Lipinski definition) is 5. The van der Waals surface area contributed by atoms with E-state index in [9.17, 15) is 14.4 Å². The van der Waals surface area contributed by atoms with Crippen LogP contribution in [0.5, 0.6) is 0 Å². The Hall–Kier alpha value is -2.57. The van der Waals surface area contributed by atoms with Crippen LogP contribution in [0, 0.1) is 0 Å². The first-order valence-electron chi connectivity index (χ1n) is 5.93. The van der Waals surface area contributed by atoms with E-state index in [0.29, 0.717) is 11.4 Å². The monoisotopic (exact) mass is 280 g/mol. The molecule has 0 fully saturated rings. The number of nitrogen functional groups attached to an aromatic ring is 1. The summed E-state index contributed by atoms with van der Waals surface area (Å²) in [5, 5.41) is 11.0. The van der Waals surface area contributed by atoms with Gasteiger partial charge in [-0.3, -0.25) is 9.59 Å². The normalized spacial score (nSPS) is 9.85. The molecule has 4 N–H and O–H groups in total. The van der Waals surface area contributed by atoms with Crippen molar-refractivity contribution < 1.29 is 24.2 Å². The summed E-state index contributed by atoms with van der Waals surface area (Å²) in [5.74, 6) is -1.85. The number of carbonyl (C=O) groups is 3. The summed E-state index contributed by atoms with van der Waals surface area (Å²) in [5.41, 5.74) is 6.57. The van der Waals surface area contributed by atoms with Gasteiger partial charge in [0.2, 0.25) is 5.91 Å². The van der Waals surface area contributed by atoms with Gasteiger partial charge < -0.3 is 20.9 Å². The molecule has 1 rings (SSSR count). The molecule has 0 saturated carbocycles. The molecule has 0 radical (unpaired) electrons. The van der Waals surface area contributed by atoms with Crippen LogP contribution in [0.2, 0.25) is 0 Å². The van der Waals surface area contributed by atoms with Gasteiger partial charge in [-0.25, -0.2) is 4.79 Å². The molecule has 0 unspecified atom stereocenters. The number of carbonyl (C=O) groups excluding carboxylic acids is 2. The molecular formula is C13H16N2O5. The minimum Gasteiger partial charge on any atom is -0.481 e. The van der Waals surface area contributed by atoms with Crippen molar-refractivity contribution in [3.63, 3.8) is 0 Å². The fourth-order valence-electron chi connectivity index (χ4n) is 1.52. The Morgan fingerprint density at radius 2 is 2.00 bits per heavy atom. The first-order chi connectivity index (χ1) is 9.43. The number of anilines is 2. The Kier molecular flexibility index (Phi) is 5.52. The molecule has 0 aliphatic heterocycles. The minimum atomic E-state index is -0.954. The highest BCUT2D eigenvalue weighted by atomic mass is 16.5. The van der Waals surface area contributed by atoms with Gasteiger partial charge in [0, 0.05) is 12.8 Å². The second kappa shape index (κ2) is 7.13. The third-order valence-electron chi connectivity index (χ3n) is 2.54. The highest BCUT2D eigenvalue weighted by Crippen LogP contribution is 2.21. The highest BCUT2D eigenvalue weighted by molar-refractivity contribution is 5.97. The summed E-state index contributed by atoms with van der Waals surface area (Å²) < 4.78 is 4.57. The summed E-state index contributed by atoms with van der Waals surface area (Å²) in [7, 11) is 1.25. The van der Waals surface area contributed by atoms with Gasteiger partial charge in [0.05, 0.1) is 24.0 Å². The first-order valence-corrected chi connectivity index (χ1v) is 5.93. The smallest absolute Gasteiger partial charge is 0.337 e. The van der Waals surface area contributed by atoms with Crippen LogP contribution in [-0.2, 0) is 14.3 Å². The predicted octanol–water partition coefficient (Wildman–Crippen LogP) is 1.25. The lowest BCUT2D eigenvalue weighted by Gasteiger charge is -2.09. The van der Waals surface area contributed by atoms with E-state index in [-0.39, 0.29) is 30.7 Å². The lowest BCUT2D eigenvalue weighted by atomic mass is 10.1. The van der Waals surface area contributed by atoms with Gasteiger partial charge in [-0.2, -0.15) is 0 Å². The van der Waals surface area contributed by atoms with Crippen LogP contribution < -0.4 is 11.1 Å². The van der Waals surface area contributed by atoms with Crippen LogP contribution in [0.1, 0.15) is 29.6 Å². The molecule has 0 bridgehead atoms. The zero-order valence-corrected chi connectivity index (χ0v) is 11.0. The molecule has 0 heterocycles. The maximum atomic E-state index is 11.6. The lowest BCUT2D eigenvalue weighted by molar-refractivity contribution is -0.137. The number of carboxylic acids is 1. The van der Waals surface area contributed by atoms with E-state index < -0.39 is 11.9 Å². The molecule has 108 valence electrons. The van der Waals surface area contributed by atoms with E-state index in [1.807, 2.05) is 0 Å². The number of ether oxygens (including phenoxy) is 1. The minimum absolute atomic E-state index is 0.0637. The molecule has 0 aliphatic rings. The average molecular weight is 280 g/mol. The lowest BCUT2D eigenvalue weighted by Crippen LogP contribution is -2.14. The Labute approximate surface area is 115 Å². The van der Waals surface area contributed by atoms with Crippen LogP contribution >= 0.6 is 0 Å². The van der Waals surface area contributed by atoms with Crippen molar-refractivity contribution in [1.29, 1.82) is 0 Å². The molecule has 20 heavy (non-hydrogen) atoms. The average Bonchev–Trinajstić information content (AvgIpc) is 2.40. The molecule has 0 aliphatic carbocycles. The highest BCUT2D eigenvalue weighted by Gasteiger charge is 2.11. The number of methoxy groups -OCH3 is 1. The maximum absolute atomic E-state index is 11.6. The Balaban J connectivity index is 2.68. The molecule has 0 atom stereocenters. The molecule has 7 heteroatoms. The van der Waals surface area contributed by atoms with Gasteiger partial charge in [0.15, 0.2) is 0 Å². The van der Waals surface area contributed by atoms with Gasteiger partial charge in [-0.05, 0) is 24.6 Å². The van der Waals surface area contributed by atoms with Crippen molar-refractivity contribution in [1.82, 2.24) is 0 Å². The van der Waals surface area contributed by atoms with Crippen LogP contribution in [0.15, 0.2) is 18.2 Å². The SMILES string of the molecule is COC(=O)c1ccc(N)c(NC(=O)CCCC(=O)O)c1. The van der Waals surface area contributed by atoms with Gasteiger partial charge >= 0.3 is 11.9 Å². The van der Waals surface area contributed by atoms with Gasteiger partial charge in [-0.1, -0.05) is 0 Å². The molecule has 0 spiro atoms. The molecule has 0 aromatic heterocycles. The number of nitrogens with one attached hydrogen (secondary N) is 1. The second-order valence-corrected chi connectivity index (χ2v) is 4.09. The fraction of sp³-hybridized carbons (Fsp3) is 0.308. The van der Waals surface area contributed by atoms with Crippen molar-refractivity contribution in [3.05, 3.63) is 23.8 Å². The molecule has 1 amide bonds. The number of esters is 1. The van der Waals surface area contributed by atoms with E-state index >= 15 is 0 Å². The summed E-state index contributed by atoms with van der Waals surface area (Å²) in [6.45, 7) is 0. The second-order valence-electron chi connectivity index (χ2n) is 4.09. The van der Waals surface area contributed by atoms with E-state index in [4.69, 9.17) is 10.8 Å². The molecule has 0 saturated heterocycles. The van der Waals surface area contributed by atoms with E-state index in [0.717, 1.165) is 0 Å². The number of rotatable bonds is 6. The Morgan fingerprint density at radius 1 is 1.30 bits per heavy atom. The Morgan fingerprint density at radius 3 is 2.60 bits per heavy atom. The van der Waals surface area contributed by atoms with Crippen LogP contribution in [0.4, 0.5) is 11.4 Å². The zero-order chi connectivity index (χ0) is 15.1.